The lowest BCUT2D eigenvalue weighted by Gasteiger charge is -2.15. The van der Waals surface area contributed by atoms with Gasteiger partial charge in [-0.3, -0.25) is 0 Å². The van der Waals surface area contributed by atoms with E-state index >= 15 is 0 Å². The predicted molar refractivity (Wildman–Crippen MR) is 67.9 cm³/mol. The standard InChI is InChI=1S/C13H8ClF4NO/c14-9-5-7(19)6-10(15)12(9)8-3-1-2-4-11(8)20-13(16,17)18/h1-6H,19H2. The van der Waals surface area contributed by atoms with Crippen molar-refractivity contribution in [3.05, 3.63) is 47.2 Å². The van der Waals surface area contributed by atoms with Gasteiger partial charge in [0, 0.05) is 16.8 Å². The summed E-state index contributed by atoms with van der Waals surface area (Å²) in [6.07, 6.45) is -4.88. The highest BCUT2D eigenvalue weighted by molar-refractivity contribution is 6.33. The molecule has 0 aromatic heterocycles. The van der Waals surface area contributed by atoms with Gasteiger partial charge in [-0.15, -0.1) is 13.2 Å². The van der Waals surface area contributed by atoms with E-state index in [9.17, 15) is 17.6 Å². The molecule has 0 heterocycles. The summed E-state index contributed by atoms with van der Waals surface area (Å²) in [5.41, 5.74) is 5.19. The lowest BCUT2D eigenvalue weighted by atomic mass is 10.0. The van der Waals surface area contributed by atoms with Crippen molar-refractivity contribution in [3.63, 3.8) is 0 Å². The van der Waals surface area contributed by atoms with Gasteiger partial charge in [0.1, 0.15) is 11.6 Å². The number of hydrogen-bond donors (Lipinski definition) is 1. The Morgan fingerprint density at radius 1 is 1.10 bits per heavy atom. The Kier molecular flexibility index (Phi) is 3.76. The number of anilines is 1. The zero-order valence-corrected chi connectivity index (χ0v) is 10.6. The largest absolute Gasteiger partial charge is 0.573 e. The van der Waals surface area contributed by atoms with Gasteiger partial charge in [0.2, 0.25) is 0 Å². The Morgan fingerprint density at radius 3 is 2.35 bits per heavy atom. The van der Waals surface area contributed by atoms with E-state index < -0.39 is 17.9 Å². The highest BCUT2D eigenvalue weighted by Crippen LogP contribution is 2.39. The average Bonchev–Trinajstić information content (AvgIpc) is 2.28. The molecule has 2 aromatic rings. The zero-order valence-electron chi connectivity index (χ0n) is 9.84. The van der Waals surface area contributed by atoms with E-state index in [0.29, 0.717) is 0 Å². The van der Waals surface area contributed by atoms with Gasteiger partial charge in [0.05, 0.1) is 5.02 Å². The molecule has 20 heavy (non-hydrogen) atoms. The molecule has 2 nitrogen and oxygen atoms in total. The topological polar surface area (TPSA) is 35.2 Å². The molecular formula is C13H8ClF4NO. The Morgan fingerprint density at radius 2 is 1.75 bits per heavy atom. The molecule has 106 valence electrons. The first-order chi connectivity index (χ1) is 9.28. The molecule has 0 saturated heterocycles. The number of hydrogen-bond acceptors (Lipinski definition) is 2. The number of para-hydroxylation sites is 1. The summed E-state index contributed by atoms with van der Waals surface area (Å²) in [5.74, 6) is -1.36. The van der Waals surface area contributed by atoms with Crippen LogP contribution < -0.4 is 10.5 Å². The Balaban J connectivity index is 2.59. The van der Waals surface area contributed by atoms with Crippen molar-refractivity contribution < 1.29 is 22.3 Å². The molecule has 7 heteroatoms. The van der Waals surface area contributed by atoms with Crippen molar-refractivity contribution in [2.24, 2.45) is 0 Å². The molecule has 0 atom stereocenters. The quantitative estimate of drug-likeness (QED) is 0.648. The van der Waals surface area contributed by atoms with Gasteiger partial charge < -0.3 is 10.5 Å². The van der Waals surface area contributed by atoms with Crippen LogP contribution in [-0.4, -0.2) is 6.36 Å². The van der Waals surface area contributed by atoms with Crippen LogP contribution in [0.4, 0.5) is 23.2 Å². The van der Waals surface area contributed by atoms with Crippen LogP contribution in [0, 0.1) is 5.82 Å². The van der Waals surface area contributed by atoms with Gasteiger partial charge in [-0.05, 0) is 18.2 Å². The van der Waals surface area contributed by atoms with E-state index in [4.69, 9.17) is 17.3 Å². The number of benzene rings is 2. The third-order valence-corrected chi connectivity index (χ3v) is 2.74. The number of rotatable bonds is 2. The maximum Gasteiger partial charge on any atom is 0.573 e. The summed E-state index contributed by atoms with van der Waals surface area (Å²) in [5, 5.41) is -0.0966. The molecular weight excluding hydrogens is 298 g/mol. The van der Waals surface area contributed by atoms with Crippen LogP contribution >= 0.6 is 11.6 Å². The summed E-state index contributed by atoms with van der Waals surface area (Å²) >= 11 is 5.86. The molecule has 0 fully saturated rings. The molecule has 0 spiro atoms. The number of nitrogen functional groups attached to an aromatic ring is 1. The van der Waals surface area contributed by atoms with Gasteiger partial charge in [0.15, 0.2) is 0 Å². The van der Waals surface area contributed by atoms with E-state index in [1.54, 1.807) is 0 Å². The smallest absolute Gasteiger partial charge is 0.405 e. The number of nitrogens with two attached hydrogens (primary N) is 1. The number of halogens is 5. The highest BCUT2D eigenvalue weighted by atomic mass is 35.5. The number of alkyl halides is 3. The predicted octanol–water partition coefficient (Wildman–Crippen LogP) is 4.63. The SMILES string of the molecule is Nc1cc(F)c(-c2ccccc2OC(F)(F)F)c(Cl)c1. The lowest BCUT2D eigenvalue weighted by molar-refractivity contribution is -0.274. The summed E-state index contributed by atoms with van der Waals surface area (Å²) in [6, 6.07) is 7.38. The zero-order chi connectivity index (χ0) is 14.9. The maximum atomic E-state index is 13.9. The van der Waals surface area contributed by atoms with Gasteiger partial charge in [0.25, 0.3) is 0 Å². The van der Waals surface area contributed by atoms with E-state index in [2.05, 4.69) is 4.74 Å². The maximum absolute atomic E-state index is 13.9. The first kappa shape index (κ1) is 14.5. The minimum absolute atomic E-state index is 0.0745. The van der Waals surface area contributed by atoms with Gasteiger partial charge in [-0.25, -0.2) is 4.39 Å². The summed E-state index contributed by atoms with van der Waals surface area (Å²) in [4.78, 5) is 0. The Bertz CT molecular complexity index is 620. The van der Waals surface area contributed by atoms with Crippen molar-refractivity contribution in [2.75, 3.05) is 5.73 Å². The summed E-state index contributed by atoms with van der Waals surface area (Å²) in [6.45, 7) is 0. The molecule has 0 bridgehead atoms. The third kappa shape index (κ3) is 3.14. The first-order valence-corrected chi connectivity index (χ1v) is 5.75. The summed E-state index contributed by atoms with van der Waals surface area (Å²) in [7, 11) is 0. The van der Waals surface area contributed by atoms with E-state index in [0.717, 1.165) is 12.1 Å². The van der Waals surface area contributed by atoms with Crippen LogP contribution in [0.2, 0.25) is 5.02 Å². The third-order valence-electron chi connectivity index (χ3n) is 2.45. The van der Waals surface area contributed by atoms with Crippen LogP contribution in [0.1, 0.15) is 0 Å². The van der Waals surface area contributed by atoms with Gasteiger partial charge >= 0.3 is 6.36 Å². The molecule has 0 radical (unpaired) electrons. The van der Waals surface area contributed by atoms with E-state index in [-0.39, 0.29) is 21.8 Å². The van der Waals surface area contributed by atoms with Crippen LogP contribution in [0.15, 0.2) is 36.4 Å². The molecule has 0 aliphatic rings. The van der Waals surface area contributed by atoms with Crippen molar-refractivity contribution in [1.29, 1.82) is 0 Å². The Labute approximate surface area is 116 Å². The van der Waals surface area contributed by atoms with Crippen LogP contribution in [0.5, 0.6) is 5.75 Å². The van der Waals surface area contributed by atoms with Gasteiger partial charge in [-0.2, -0.15) is 0 Å². The van der Waals surface area contributed by atoms with Crippen molar-refractivity contribution in [3.8, 4) is 16.9 Å². The fourth-order valence-electron chi connectivity index (χ4n) is 1.74. The van der Waals surface area contributed by atoms with Crippen LogP contribution in [0.25, 0.3) is 11.1 Å². The molecule has 2 N–H and O–H groups in total. The second-order valence-electron chi connectivity index (χ2n) is 3.90. The fraction of sp³-hybridized carbons (Fsp3) is 0.0769. The minimum Gasteiger partial charge on any atom is -0.405 e. The van der Waals surface area contributed by atoms with E-state index in [1.807, 2.05) is 0 Å². The van der Waals surface area contributed by atoms with Crippen LogP contribution in [0.3, 0.4) is 0 Å². The summed E-state index contributed by atoms with van der Waals surface area (Å²) < 4.78 is 54.8. The molecule has 0 aliphatic heterocycles. The first-order valence-electron chi connectivity index (χ1n) is 5.37. The monoisotopic (exact) mass is 305 g/mol. The van der Waals surface area contributed by atoms with Crippen LogP contribution in [-0.2, 0) is 0 Å². The van der Waals surface area contributed by atoms with Crippen molar-refractivity contribution >= 4 is 17.3 Å². The average molecular weight is 306 g/mol. The molecule has 0 unspecified atom stereocenters. The molecule has 0 amide bonds. The molecule has 0 saturated carbocycles. The van der Waals surface area contributed by atoms with Crippen molar-refractivity contribution in [1.82, 2.24) is 0 Å². The molecule has 2 rings (SSSR count). The minimum atomic E-state index is -4.88. The molecule has 0 aliphatic carbocycles. The molecule has 2 aromatic carbocycles. The normalized spacial score (nSPS) is 11.4. The second kappa shape index (κ2) is 5.20. The van der Waals surface area contributed by atoms with E-state index in [1.165, 1.54) is 24.3 Å². The Hall–Kier alpha value is -1.95. The highest BCUT2D eigenvalue weighted by Gasteiger charge is 2.32. The lowest BCUT2D eigenvalue weighted by Crippen LogP contribution is -2.17. The fourth-order valence-corrected chi connectivity index (χ4v) is 2.05. The van der Waals surface area contributed by atoms with Crippen molar-refractivity contribution in [2.45, 2.75) is 6.36 Å². The second-order valence-corrected chi connectivity index (χ2v) is 4.31. The van der Waals surface area contributed by atoms with Gasteiger partial charge in [-0.1, -0.05) is 29.8 Å². The number of ether oxygens (including phenoxy) is 1.